The van der Waals surface area contributed by atoms with Gasteiger partial charge in [-0.1, -0.05) is 18.2 Å². The number of ether oxygens (including phenoxy) is 1. The van der Waals surface area contributed by atoms with Gasteiger partial charge < -0.3 is 4.74 Å². The second-order valence-electron chi connectivity index (χ2n) is 4.46. The van der Waals surface area contributed by atoms with Gasteiger partial charge in [0.25, 0.3) is 0 Å². The Morgan fingerprint density at radius 2 is 1.86 bits per heavy atom. The van der Waals surface area contributed by atoms with Gasteiger partial charge >= 0.3 is 0 Å². The van der Waals surface area contributed by atoms with Crippen LogP contribution in [0.25, 0.3) is 10.6 Å². The van der Waals surface area contributed by atoms with Crippen molar-refractivity contribution >= 4 is 21.4 Å². The molecule has 0 aliphatic rings. The number of aromatic nitrogens is 1. The molecule has 0 bridgehead atoms. The van der Waals surface area contributed by atoms with Crippen LogP contribution in [-0.2, 0) is 10.0 Å². The molecule has 0 radical (unpaired) electrons. The summed E-state index contributed by atoms with van der Waals surface area (Å²) in [4.78, 5) is 4.24. The van der Waals surface area contributed by atoms with Crippen LogP contribution >= 0.6 is 11.3 Å². The van der Waals surface area contributed by atoms with Gasteiger partial charge in [0.1, 0.15) is 16.5 Å². The van der Waals surface area contributed by atoms with E-state index in [1.54, 1.807) is 12.3 Å². The van der Waals surface area contributed by atoms with Crippen LogP contribution in [-0.4, -0.2) is 13.4 Å². The number of nitrogens with two attached hydrogens (primary N) is 1. The molecule has 0 saturated carbocycles. The maximum atomic E-state index is 11.5. The molecule has 0 atom stereocenters. The van der Waals surface area contributed by atoms with Gasteiger partial charge in [-0.3, -0.25) is 0 Å². The Kier molecular flexibility index (Phi) is 3.93. The van der Waals surface area contributed by atoms with E-state index in [1.807, 2.05) is 35.7 Å². The Morgan fingerprint density at radius 1 is 1.09 bits per heavy atom. The molecular weight excluding hydrogens is 320 g/mol. The lowest BCUT2D eigenvalue weighted by molar-refractivity contribution is 0.484. The van der Waals surface area contributed by atoms with Crippen molar-refractivity contribution in [2.24, 2.45) is 5.14 Å². The van der Waals surface area contributed by atoms with Crippen molar-refractivity contribution < 1.29 is 13.2 Å². The van der Waals surface area contributed by atoms with E-state index in [0.717, 1.165) is 0 Å². The lowest BCUT2D eigenvalue weighted by Crippen LogP contribution is -2.12. The average molecular weight is 332 g/mol. The van der Waals surface area contributed by atoms with Gasteiger partial charge in [0.15, 0.2) is 0 Å². The Balaban J connectivity index is 2.10. The van der Waals surface area contributed by atoms with Crippen molar-refractivity contribution in [1.82, 2.24) is 4.98 Å². The van der Waals surface area contributed by atoms with Crippen LogP contribution in [0.1, 0.15) is 0 Å². The molecule has 2 N–H and O–H groups in total. The number of sulfonamides is 1. The molecule has 0 spiro atoms. The Morgan fingerprint density at radius 3 is 2.50 bits per heavy atom. The van der Waals surface area contributed by atoms with Gasteiger partial charge in [-0.15, -0.1) is 11.3 Å². The van der Waals surface area contributed by atoms with Gasteiger partial charge in [-0.05, 0) is 30.3 Å². The number of nitrogens with zero attached hydrogens (tertiary/aromatic N) is 1. The normalized spacial score (nSPS) is 11.3. The highest BCUT2D eigenvalue weighted by molar-refractivity contribution is 7.89. The summed E-state index contributed by atoms with van der Waals surface area (Å²) in [5.74, 6) is 1.18. The molecule has 0 aliphatic heterocycles. The van der Waals surface area contributed by atoms with Crippen molar-refractivity contribution in [3.63, 3.8) is 0 Å². The second-order valence-corrected chi connectivity index (χ2v) is 6.91. The number of primary sulfonamides is 1. The summed E-state index contributed by atoms with van der Waals surface area (Å²) in [6.45, 7) is 0. The fourth-order valence-electron chi connectivity index (χ4n) is 1.91. The van der Waals surface area contributed by atoms with Gasteiger partial charge in [0, 0.05) is 11.6 Å². The lowest BCUT2D eigenvalue weighted by Gasteiger charge is -2.11. The van der Waals surface area contributed by atoms with E-state index >= 15 is 0 Å². The molecule has 0 fully saturated rings. The first-order valence-electron chi connectivity index (χ1n) is 6.34. The maximum Gasteiger partial charge on any atom is 0.238 e. The third-order valence-corrected chi connectivity index (χ3v) is 4.63. The topological polar surface area (TPSA) is 82.3 Å². The van der Waals surface area contributed by atoms with E-state index in [2.05, 4.69) is 4.98 Å². The molecule has 1 heterocycles. The predicted octanol–water partition coefficient (Wildman–Crippen LogP) is 3.25. The smallest absolute Gasteiger partial charge is 0.238 e. The number of thiazole rings is 1. The standard InChI is InChI=1S/C15H12N2O3S2/c16-22(18,19)12-6-7-14(20-11-4-2-1-3-5-11)13(10-12)15-17-8-9-21-15/h1-10H,(H2,16,18,19). The Bertz CT molecular complexity index is 876. The van der Waals surface area contributed by atoms with Crippen LogP contribution in [0.3, 0.4) is 0 Å². The average Bonchev–Trinajstić information content (AvgIpc) is 3.01. The van der Waals surface area contributed by atoms with Crippen LogP contribution < -0.4 is 9.88 Å². The van der Waals surface area contributed by atoms with Gasteiger partial charge in [0.05, 0.1) is 10.5 Å². The lowest BCUT2D eigenvalue weighted by atomic mass is 10.2. The third kappa shape index (κ3) is 3.16. The first kappa shape index (κ1) is 14.7. The number of rotatable bonds is 4. The van der Waals surface area contributed by atoms with Crippen molar-refractivity contribution in [3.8, 4) is 22.1 Å². The zero-order valence-electron chi connectivity index (χ0n) is 11.3. The first-order chi connectivity index (χ1) is 10.5. The monoisotopic (exact) mass is 332 g/mol. The zero-order chi connectivity index (χ0) is 15.6. The molecule has 0 aliphatic carbocycles. The maximum absolute atomic E-state index is 11.5. The molecule has 0 amide bonds. The summed E-state index contributed by atoms with van der Waals surface area (Å²) in [7, 11) is -3.78. The molecular formula is C15H12N2O3S2. The van der Waals surface area contributed by atoms with Crippen molar-refractivity contribution in [2.45, 2.75) is 4.90 Å². The highest BCUT2D eigenvalue weighted by Crippen LogP contribution is 2.35. The third-order valence-electron chi connectivity index (χ3n) is 2.91. The van der Waals surface area contributed by atoms with Crippen LogP contribution in [0, 0.1) is 0 Å². The number of benzene rings is 2. The van der Waals surface area contributed by atoms with Crippen molar-refractivity contribution in [3.05, 3.63) is 60.1 Å². The molecule has 0 saturated heterocycles. The van der Waals surface area contributed by atoms with Crippen LogP contribution in [0.2, 0.25) is 0 Å². The van der Waals surface area contributed by atoms with E-state index < -0.39 is 10.0 Å². The van der Waals surface area contributed by atoms with E-state index in [1.165, 1.54) is 23.5 Å². The molecule has 1 aromatic heterocycles. The van der Waals surface area contributed by atoms with E-state index in [-0.39, 0.29) is 4.90 Å². The highest BCUT2D eigenvalue weighted by atomic mass is 32.2. The summed E-state index contributed by atoms with van der Waals surface area (Å²) >= 11 is 1.39. The van der Waals surface area contributed by atoms with Gasteiger partial charge in [-0.2, -0.15) is 0 Å². The van der Waals surface area contributed by atoms with E-state index in [4.69, 9.17) is 9.88 Å². The Labute approximate surface area is 132 Å². The second kappa shape index (κ2) is 5.88. The minimum absolute atomic E-state index is 0.0260. The molecule has 0 unspecified atom stereocenters. The number of hydrogen-bond acceptors (Lipinski definition) is 5. The SMILES string of the molecule is NS(=O)(=O)c1ccc(Oc2ccccc2)c(-c2nccs2)c1. The predicted molar refractivity (Wildman–Crippen MR) is 85.4 cm³/mol. The van der Waals surface area contributed by atoms with Crippen LogP contribution in [0.5, 0.6) is 11.5 Å². The van der Waals surface area contributed by atoms with Gasteiger partial charge in [0.2, 0.25) is 10.0 Å². The minimum Gasteiger partial charge on any atom is -0.457 e. The minimum atomic E-state index is -3.78. The summed E-state index contributed by atoms with van der Waals surface area (Å²) < 4.78 is 28.9. The first-order valence-corrected chi connectivity index (χ1v) is 8.76. The summed E-state index contributed by atoms with van der Waals surface area (Å²) in [6, 6.07) is 13.7. The molecule has 7 heteroatoms. The molecule has 3 rings (SSSR count). The zero-order valence-corrected chi connectivity index (χ0v) is 13.0. The molecule has 112 valence electrons. The largest absolute Gasteiger partial charge is 0.457 e. The highest BCUT2D eigenvalue weighted by Gasteiger charge is 2.15. The fraction of sp³-hybridized carbons (Fsp3) is 0. The number of hydrogen-bond donors (Lipinski definition) is 1. The van der Waals surface area contributed by atoms with E-state index in [0.29, 0.717) is 22.1 Å². The van der Waals surface area contributed by atoms with Crippen LogP contribution in [0.4, 0.5) is 0 Å². The Hall–Kier alpha value is -2.22. The molecule has 2 aromatic carbocycles. The molecule has 5 nitrogen and oxygen atoms in total. The molecule has 3 aromatic rings. The quantitative estimate of drug-likeness (QED) is 0.795. The number of para-hydroxylation sites is 1. The van der Waals surface area contributed by atoms with Gasteiger partial charge in [-0.25, -0.2) is 18.5 Å². The summed E-state index contributed by atoms with van der Waals surface area (Å²) in [5, 5.41) is 7.67. The fourth-order valence-corrected chi connectivity index (χ4v) is 3.11. The van der Waals surface area contributed by atoms with Crippen LogP contribution in [0.15, 0.2) is 65.0 Å². The summed E-state index contributed by atoms with van der Waals surface area (Å²) in [6.07, 6.45) is 1.65. The van der Waals surface area contributed by atoms with Crippen molar-refractivity contribution in [1.29, 1.82) is 0 Å². The van der Waals surface area contributed by atoms with Crippen molar-refractivity contribution in [2.75, 3.05) is 0 Å². The molecule has 22 heavy (non-hydrogen) atoms. The summed E-state index contributed by atoms with van der Waals surface area (Å²) in [5.41, 5.74) is 0.588. The van der Waals surface area contributed by atoms with E-state index in [9.17, 15) is 8.42 Å².